The first-order chi connectivity index (χ1) is 6.68. The monoisotopic (exact) mass is 208 g/mol. The number of aromatic nitrogens is 1. The molecule has 1 aliphatic heterocycles. The van der Waals surface area contributed by atoms with Gasteiger partial charge in [0.2, 0.25) is 5.91 Å². The zero-order valence-corrected chi connectivity index (χ0v) is 8.13. The molecule has 0 bridgehead atoms. The molecule has 1 aromatic heterocycles. The maximum atomic E-state index is 11.4. The summed E-state index contributed by atoms with van der Waals surface area (Å²) in [6, 6.07) is 3.48. The normalized spacial score (nSPS) is 16.4. The first-order valence-electron chi connectivity index (χ1n) is 4.18. The molecule has 1 amide bonds. The van der Waals surface area contributed by atoms with Gasteiger partial charge in [-0.25, -0.2) is 0 Å². The van der Waals surface area contributed by atoms with E-state index in [0.717, 1.165) is 0 Å². The van der Waals surface area contributed by atoms with E-state index in [2.05, 4.69) is 4.98 Å². The summed E-state index contributed by atoms with van der Waals surface area (Å²) in [5.74, 6) is -0.242. The number of nitrogens with zero attached hydrogens (tertiary/aromatic N) is 1. The van der Waals surface area contributed by atoms with Crippen molar-refractivity contribution in [2.75, 3.05) is 11.4 Å². The molecule has 0 saturated carbocycles. The largest absolute Gasteiger partial charge is 0.351 e. The van der Waals surface area contributed by atoms with Crippen LogP contribution in [-0.2, 0) is 9.59 Å². The van der Waals surface area contributed by atoms with Gasteiger partial charge >= 0.3 is 0 Å². The van der Waals surface area contributed by atoms with Crippen LogP contribution in [0.1, 0.15) is 6.42 Å². The smallest absolute Gasteiger partial charge is 0.235 e. The van der Waals surface area contributed by atoms with Crippen LogP contribution in [-0.4, -0.2) is 23.2 Å². The number of nitrogens with one attached hydrogen (secondary N) is 1. The fourth-order valence-electron chi connectivity index (χ4n) is 1.43. The van der Waals surface area contributed by atoms with Gasteiger partial charge in [0.1, 0.15) is 4.64 Å². The van der Waals surface area contributed by atoms with Crippen LogP contribution in [0.5, 0.6) is 0 Å². The van der Waals surface area contributed by atoms with Crippen LogP contribution >= 0.6 is 12.2 Å². The van der Waals surface area contributed by atoms with E-state index in [1.54, 1.807) is 18.3 Å². The Hall–Kier alpha value is -1.49. The molecular weight excluding hydrogens is 200 g/mol. The van der Waals surface area contributed by atoms with Crippen molar-refractivity contribution in [3.8, 4) is 0 Å². The highest BCUT2D eigenvalue weighted by Gasteiger charge is 2.29. The number of hydrogen-bond donors (Lipinski definition) is 1. The number of aromatic amines is 1. The highest BCUT2D eigenvalue weighted by Crippen LogP contribution is 2.19. The number of carbonyl (C=O) groups is 2. The molecule has 0 radical (unpaired) electrons. The fourth-order valence-corrected chi connectivity index (χ4v) is 1.68. The van der Waals surface area contributed by atoms with Crippen LogP contribution in [0, 0.1) is 4.64 Å². The molecule has 1 aliphatic rings. The summed E-state index contributed by atoms with van der Waals surface area (Å²) >= 11 is 5.02. The molecule has 0 atom stereocenters. The molecule has 0 unspecified atom stereocenters. The van der Waals surface area contributed by atoms with Crippen LogP contribution in [0.2, 0.25) is 0 Å². The predicted octanol–water partition coefficient (Wildman–Crippen LogP) is 1.05. The summed E-state index contributed by atoms with van der Waals surface area (Å²) in [5, 5.41) is 0. The highest BCUT2D eigenvalue weighted by molar-refractivity contribution is 7.71. The Bertz CT molecular complexity index is 452. The van der Waals surface area contributed by atoms with Crippen LogP contribution in [0.4, 0.5) is 5.69 Å². The molecule has 0 spiro atoms. The SMILES string of the molecule is O=C1CC(=O)N(c2ccc[nH]c2=S)C1. The molecule has 5 heteroatoms. The number of pyridine rings is 1. The zero-order valence-electron chi connectivity index (χ0n) is 7.32. The van der Waals surface area contributed by atoms with Gasteiger partial charge in [-0.3, -0.25) is 9.59 Å². The second kappa shape index (κ2) is 3.34. The molecule has 1 N–H and O–H groups in total. The average Bonchev–Trinajstić information content (AvgIpc) is 2.46. The Morgan fingerprint density at radius 3 is 2.79 bits per heavy atom. The van der Waals surface area contributed by atoms with Crippen LogP contribution < -0.4 is 4.90 Å². The third kappa shape index (κ3) is 1.46. The van der Waals surface area contributed by atoms with Crippen molar-refractivity contribution < 1.29 is 9.59 Å². The van der Waals surface area contributed by atoms with Gasteiger partial charge in [-0.2, -0.15) is 0 Å². The molecule has 1 saturated heterocycles. The lowest BCUT2D eigenvalue weighted by atomic mass is 10.3. The standard InChI is InChI=1S/C9H8N2O2S/c12-6-4-8(13)11(5-6)7-2-1-3-10-9(7)14/h1-3H,4-5H2,(H,10,14). The van der Waals surface area contributed by atoms with Gasteiger partial charge in [0.25, 0.3) is 0 Å². The van der Waals surface area contributed by atoms with Gasteiger partial charge in [-0.15, -0.1) is 0 Å². The van der Waals surface area contributed by atoms with Gasteiger partial charge in [0, 0.05) is 6.20 Å². The number of amides is 1. The third-order valence-corrected chi connectivity index (χ3v) is 2.40. The first kappa shape index (κ1) is 9.08. The predicted molar refractivity (Wildman–Crippen MR) is 53.6 cm³/mol. The molecule has 72 valence electrons. The lowest BCUT2D eigenvalue weighted by Crippen LogP contribution is -2.24. The molecule has 4 nitrogen and oxygen atoms in total. The fraction of sp³-hybridized carbons (Fsp3) is 0.222. The Morgan fingerprint density at radius 1 is 1.43 bits per heavy atom. The maximum Gasteiger partial charge on any atom is 0.235 e. The van der Waals surface area contributed by atoms with Gasteiger partial charge in [0.15, 0.2) is 5.78 Å². The summed E-state index contributed by atoms with van der Waals surface area (Å²) in [4.78, 5) is 26.7. The second-order valence-electron chi connectivity index (χ2n) is 3.08. The molecular formula is C9H8N2O2S. The number of H-pyrrole nitrogens is 1. The number of Topliss-reactive ketones (excluding diaryl/α,β-unsaturated/α-hetero) is 1. The van der Waals surface area contributed by atoms with E-state index in [-0.39, 0.29) is 24.7 Å². The number of hydrogen-bond acceptors (Lipinski definition) is 3. The van der Waals surface area contributed by atoms with E-state index in [9.17, 15) is 9.59 Å². The maximum absolute atomic E-state index is 11.4. The molecule has 14 heavy (non-hydrogen) atoms. The summed E-state index contributed by atoms with van der Waals surface area (Å²) in [6.07, 6.45) is 1.68. The van der Waals surface area contributed by atoms with Crippen molar-refractivity contribution in [2.24, 2.45) is 0 Å². The molecule has 1 aromatic rings. The van der Waals surface area contributed by atoms with Gasteiger partial charge in [-0.05, 0) is 12.1 Å². The highest BCUT2D eigenvalue weighted by atomic mass is 32.1. The van der Waals surface area contributed by atoms with Crippen molar-refractivity contribution in [1.82, 2.24) is 4.98 Å². The quantitative estimate of drug-likeness (QED) is 0.554. The van der Waals surface area contributed by atoms with Gasteiger partial charge in [-0.1, -0.05) is 12.2 Å². The van der Waals surface area contributed by atoms with Crippen molar-refractivity contribution in [2.45, 2.75) is 6.42 Å². The Kier molecular flexibility index (Phi) is 2.17. The van der Waals surface area contributed by atoms with Crippen molar-refractivity contribution >= 4 is 29.6 Å². The topological polar surface area (TPSA) is 53.2 Å². The number of anilines is 1. The Labute approximate surface area is 85.5 Å². The number of rotatable bonds is 1. The number of carbonyl (C=O) groups excluding carboxylic acids is 2. The minimum absolute atomic E-state index is 0.0103. The summed E-state index contributed by atoms with van der Waals surface area (Å²) < 4.78 is 0.482. The van der Waals surface area contributed by atoms with E-state index in [0.29, 0.717) is 10.3 Å². The average molecular weight is 208 g/mol. The van der Waals surface area contributed by atoms with Gasteiger partial charge in [0.05, 0.1) is 18.7 Å². The van der Waals surface area contributed by atoms with Crippen molar-refractivity contribution in [1.29, 1.82) is 0 Å². The minimum atomic E-state index is -0.180. The lowest BCUT2D eigenvalue weighted by molar-refractivity contribution is -0.121. The van der Waals surface area contributed by atoms with E-state index >= 15 is 0 Å². The summed E-state index contributed by atoms with van der Waals surface area (Å²) in [7, 11) is 0. The van der Waals surface area contributed by atoms with E-state index in [4.69, 9.17) is 12.2 Å². The molecule has 0 aliphatic carbocycles. The molecule has 2 heterocycles. The zero-order chi connectivity index (χ0) is 10.1. The molecule has 1 fully saturated rings. The Balaban J connectivity index is 2.41. The third-order valence-electron chi connectivity index (χ3n) is 2.07. The second-order valence-corrected chi connectivity index (χ2v) is 3.49. The number of ketones is 1. The van der Waals surface area contributed by atoms with Crippen LogP contribution in [0.15, 0.2) is 18.3 Å². The Morgan fingerprint density at radius 2 is 2.21 bits per heavy atom. The first-order valence-corrected chi connectivity index (χ1v) is 4.59. The van der Waals surface area contributed by atoms with Crippen LogP contribution in [0.3, 0.4) is 0 Å². The molecule has 0 aromatic carbocycles. The van der Waals surface area contributed by atoms with Crippen molar-refractivity contribution in [3.63, 3.8) is 0 Å². The lowest BCUT2D eigenvalue weighted by Gasteiger charge is -2.13. The van der Waals surface area contributed by atoms with Crippen molar-refractivity contribution in [3.05, 3.63) is 23.0 Å². The van der Waals surface area contributed by atoms with E-state index in [1.807, 2.05) is 0 Å². The van der Waals surface area contributed by atoms with E-state index < -0.39 is 0 Å². The van der Waals surface area contributed by atoms with Crippen LogP contribution in [0.25, 0.3) is 0 Å². The summed E-state index contributed by atoms with van der Waals surface area (Å²) in [6.45, 7) is 0.139. The summed E-state index contributed by atoms with van der Waals surface area (Å²) in [5.41, 5.74) is 0.610. The minimum Gasteiger partial charge on any atom is -0.351 e. The van der Waals surface area contributed by atoms with E-state index in [1.165, 1.54) is 4.90 Å². The molecule has 2 rings (SSSR count). The van der Waals surface area contributed by atoms with Gasteiger partial charge < -0.3 is 9.88 Å².